The molecular weight excluding hydrogens is 466 g/mol. The largest absolute Gasteiger partial charge is 0.481 e. The molecule has 0 radical (unpaired) electrons. The molecule has 0 bridgehead atoms. The van der Waals surface area contributed by atoms with Crippen LogP contribution in [0.15, 0.2) is 30.0 Å². The second-order valence-corrected chi connectivity index (χ2v) is 11.4. The van der Waals surface area contributed by atoms with Crippen LogP contribution in [0, 0.1) is 11.3 Å². The van der Waals surface area contributed by atoms with Gasteiger partial charge < -0.3 is 14.7 Å². The lowest BCUT2D eigenvalue weighted by Crippen LogP contribution is -2.47. The first-order valence-corrected chi connectivity index (χ1v) is 13.0. The highest BCUT2D eigenvalue weighted by atomic mass is 35.5. The van der Waals surface area contributed by atoms with E-state index in [0.717, 1.165) is 48.8 Å². The summed E-state index contributed by atoms with van der Waals surface area (Å²) in [7, 11) is 0. The van der Waals surface area contributed by atoms with Crippen LogP contribution in [-0.2, 0) is 31.0 Å². The Morgan fingerprint density at radius 2 is 2.03 bits per heavy atom. The van der Waals surface area contributed by atoms with E-state index in [9.17, 15) is 19.5 Å². The molecule has 2 aliphatic rings. The first kappa shape index (κ1) is 27.3. The van der Waals surface area contributed by atoms with Crippen molar-refractivity contribution in [2.24, 2.45) is 11.3 Å². The average molecular weight is 504 g/mol. The zero-order chi connectivity index (χ0) is 25.8. The van der Waals surface area contributed by atoms with E-state index < -0.39 is 11.4 Å². The van der Waals surface area contributed by atoms with Gasteiger partial charge in [0.2, 0.25) is 5.91 Å². The fraction of sp³-hybridized carbons (Fsp3) is 0.607. The Bertz CT molecular complexity index is 996. The summed E-state index contributed by atoms with van der Waals surface area (Å²) in [6.45, 7) is 8.89. The Hall–Kier alpha value is -2.34. The Morgan fingerprint density at radius 1 is 1.29 bits per heavy atom. The molecular formula is C28H38ClNO5. The molecule has 1 aliphatic heterocycles. The van der Waals surface area contributed by atoms with Crippen LogP contribution in [0.4, 0.5) is 0 Å². The quantitative estimate of drug-likeness (QED) is 0.424. The van der Waals surface area contributed by atoms with Crippen molar-refractivity contribution < 1.29 is 24.2 Å². The zero-order valence-corrected chi connectivity index (χ0v) is 22.1. The third kappa shape index (κ3) is 6.66. The number of carbonyl (C=O) groups excluding carboxylic acids is 2. The summed E-state index contributed by atoms with van der Waals surface area (Å²) >= 11 is 6.75. The molecule has 2 unspecified atom stereocenters. The third-order valence-electron chi connectivity index (χ3n) is 7.25. The van der Waals surface area contributed by atoms with Gasteiger partial charge in [-0.3, -0.25) is 14.4 Å². The summed E-state index contributed by atoms with van der Waals surface area (Å²) in [4.78, 5) is 38.4. The van der Waals surface area contributed by atoms with Crippen molar-refractivity contribution in [2.45, 2.75) is 84.5 Å². The van der Waals surface area contributed by atoms with Crippen molar-refractivity contribution in [3.05, 3.63) is 46.1 Å². The molecule has 1 N–H and O–H groups in total. The number of rotatable bonds is 9. The number of ether oxygens (including phenoxy) is 1. The molecule has 192 valence electrons. The molecule has 6 nitrogen and oxygen atoms in total. The molecule has 1 amide bonds. The summed E-state index contributed by atoms with van der Waals surface area (Å²) in [5.41, 5.74) is 2.66. The Morgan fingerprint density at radius 3 is 2.66 bits per heavy atom. The predicted molar refractivity (Wildman–Crippen MR) is 136 cm³/mol. The molecule has 1 aliphatic carbocycles. The highest BCUT2D eigenvalue weighted by Gasteiger charge is 2.48. The number of aliphatic carboxylic acids is 1. The molecule has 0 aromatic heterocycles. The van der Waals surface area contributed by atoms with Gasteiger partial charge in [0, 0.05) is 29.6 Å². The molecule has 1 aromatic rings. The second kappa shape index (κ2) is 11.2. The van der Waals surface area contributed by atoms with E-state index in [4.69, 9.17) is 16.3 Å². The number of amides is 1. The number of aryl methyl sites for hydroxylation is 1. The molecule has 1 fully saturated rings. The van der Waals surface area contributed by atoms with Gasteiger partial charge in [0.15, 0.2) is 0 Å². The minimum Gasteiger partial charge on any atom is -0.481 e. The molecule has 35 heavy (non-hydrogen) atoms. The lowest BCUT2D eigenvalue weighted by molar-refractivity contribution is -0.144. The maximum Gasteiger partial charge on any atom is 0.307 e. The van der Waals surface area contributed by atoms with Gasteiger partial charge in [-0.25, -0.2) is 0 Å². The van der Waals surface area contributed by atoms with Gasteiger partial charge in [0.1, 0.15) is 0 Å². The number of allylic oxidation sites excluding steroid dienone is 1. The van der Waals surface area contributed by atoms with Gasteiger partial charge in [-0.2, -0.15) is 0 Å². The van der Waals surface area contributed by atoms with Crippen LogP contribution in [-0.4, -0.2) is 41.0 Å². The summed E-state index contributed by atoms with van der Waals surface area (Å²) in [6.07, 6.45) is 6.45. The van der Waals surface area contributed by atoms with Crippen LogP contribution in [0.25, 0.3) is 0 Å². The zero-order valence-electron chi connectivity index (χ0n) is 21.4. The third-order valence-corrected chi connectivity index (χ3v) is 7.60. The smallest absolute Gasteiger partial charge is 0.307 e. The van der Waals surface area contributed by atoms with E-state index >= 15 is 0 Å². The molecule has 1 saturated carbocycles. The van der Waals surface area contributed by atoms with Crippen LogP contribution >= 0.6 is 11.6 Å². The van der Waals surface area contributed by atoms with Crippen LogP contribution < -0.4 is 0 Å². The van der Waals surface area contributed by atoms with Gasteiger partial charge in [0.05, 0.1) is 19.4 Å². The van der Waals surface area contributed by atoms with Crippen molar-refractivity contribution in [3.8, 4) is 0 Å². The Labute approximate surface area is 213 Å². The molecule has 1 aromatic carbocycles. The van der Waals surface area contributed by atoms with E-state index in [0.29, 0.717) is 11.6 Å². The molecule has 2 atom stereocenters. The first-order valence-electron chi connectivity index (χ1n) is 12.6. The normalized spacial score (nSPS) is 22.4. The van der Waals surface area contributed by atoms with Gasteiger partial charge in [-0.1, -0.05) is 50.9 Å². The molecule has 7 heteroatoms. The number of halogens is 1. The standard InChI is InChI=1S/C28H38ClNO5/c1-5-35-26(34)11-14-30-18-22-20(15-25(32)33)7-6-12-28(22,17-24(30)31)21-9-8-19(23(29)16-21)10-13-27(2,3)4/h8-9,16,18,20H,5-7,10-15,17H2,1-4H3,(H,32,33). The second-order valence-electron chi connectivity index (χ2n) is 11.0. The van der Waals surface area contributed by atoms with Gasteiger partial charge in [0.25, 0.3) is 0 Å². The fourth-order valence-corrected chi connectivity index (χ4v) is 5.66. The lowest BCUT2D eigenvalue weighted by atomic mass is 9.59. The minimum atomic E-state index is -0.850. The van der Waals surface area contributed by atoms with Crippen molar-refractivity contribution in [1.29, 1.82) is 0 Å². The monoisotopic (exact) mass is 503 g/mol. The van der Waals surface area contributed by atoms with E-state index in [1.54, 1.807) is 11.8 Å². The Balaban J connectivity index is 1.97. The number of nitrogens with zero attached hydrogens (tertiary/aromatic N) is 1. The van der Waals surface area contributed by atoms with Crippen molar-refractivity contribution in [2.75, 3.05) is 13.2 Å². The number of fused-ring (bicyclic) bond motifs is 1. The average Bonchev–Trinajstić information content (AvgIpc) is 2.76. The minimum absolute atomic E-state index is 0.0187. The SMILES string of the molecule is CCOC(=O)CCN1C=C2C(CC(=O)O)CCCC2(c2ccc(CCC(C)(C)C)c(Cl)c2)CC1=O. The van der Waals surface area contributed by atoms with Crippen LogP contribution in [0.5, 0.6) is 0 Å². The number of benzene rings is 1. The number of esters is 1. The van der Waals surface area contributed by atoms with E-state index in [1.165, 1.54) is 0 Å². The first-order chi connectivity index (χ1) is 16.4. The number of hydrogen-bond donors (Lipinski definition) is 1. The number of carboxylic acids is 1. The fourth-order valence-electron chi connectivity index (χ4n) is 5.39. The molecule has 0 spiro atoms. The van der Waals surface area contributed by atoms with Crippen LogP contribution in [0.2, 0.25) is 5.02 Å². The maximum atomic E-state index is 13.3. The highest BCUT2D eigenvalue weighted by Crippen LogP contribution is 2.52. The van der Waals surface area contributed by atoms with Crippen molar-refractivity contribution in [3.63, 3.8) is 0 Å². The van der Waals surface area contributed by atoms with Crippen LogP contribution in [0.3, 0.4) is 0 Å². The molecule has 3 rings (SSSR count). The summed E-state index contributed by atoms with van der Waals surface area (Å²) in [5, 5.41) is 10.3. The van der Waals surface area contributed by atoms with Gasteiger partial charge >= 0.3 is 11.9 Å². The number of carbonyl (C=O) groups is 3. The lowest BCUT2D eigenvalue weighted by Gasteiger charge is -2.48. The summed E-state index contributed by atoms with van der Waals surface area (Å²) in [6, 6.07) is 6.12. The predicted octanol–water partition coefficient (Wildman–Crippen LogP) is 5.90. The highest BCUT2D eigenvalue weighted by molar-refractivity contribution is 6.31. The van der Waals surface area contributed by atoms with E-state index in [1.807, 2.05) is 12.3 Å². The van der Waals surface area contributed by atoms with E-state index in [-0.39, 0.29) is 49.0 Å². The molecule has 1 heterocycles. The Kier molecular flexibility index (Phi) is 8.68. The van der Waals surface area contributed by atoms with Gasteiger partial charge in [-0.15, -0.1) is 0 Å². The summed E-state index contributed by atoms with van der Waals surface area (Å²) < 4.78 is 5.01. The van der Waals surface area contributed by atoms with Crippen molar-refractivity contribution in [1.82, 2.24) is 4.90 Å². The topological polar surface area (TPSA) is 83.9 Å². The van der Waals surface area contributed by atoms with Crippen molar-refractivity contribution >= 4 is 29.4 Å². The number of hydrogen-bond acceptors (Lipinski definition) is 4. The number of carboxylic acid groups (broad SMARTS) is 1. The maximum absolute atomic E-state index is 13.3. The summed E-state index contributed by atoms with van der Waals surface area (Å²) in [5.74, 6) is -1.43. The van der Waals surface area contributed by atoms with Gasteiger partial charge in [-0.05, 0) is 66.7 Å². The van der Waals surface area contributed by atoms with Crippen LogP contribution in [0.1, 0.15) is 83.8 Å². The van der Waals surface area contributed by atoms with E-state index in [2.05, 4.69) is 32.9 Å². The molecule has 0 saturated heterocycles.